The van der Waals surface area contributed by atoms with Gasteiger partial charge >= 0.3 is 6.03 Å². The van der Waals surface area contributed by atoms with Crippen molar-refractivity contribution in [2.45, 2.75) is 24.9 Å². The van der Waals surface area contributed by atoms with E-state index in [1.165, 1.54) is 0 Å². The van der Waals surface area contributed by atoms with Crippen LogP contribution in [0.15, 0.2) is 27.7 Å². The molecule has 0 radical (unpaired) electrons. The molecule has 1 aromatic carbocycles. The van der Waals surface area contributed by atoms with Gasteiger partial charge in [0.25, 0.3) is 0 Å². The van der Waals surface area contributed by atoms with E-state index in [9.17, 15) is 4.79 Å². The lowest BCUT2D eigenvalue weighted by molar-refractivity contribution is 0.203. The van der Waals surface area contributed by atoms with Crippen LogP contribution in [0, 0.1) is 0 Å². The minimum atomic E-state index is -0.324. The van der Waals surface area contributed by atoms with E-state index in [4.69, 9.17) is 17.3 Å². The average molecular weight is 329 g/mol. The lowest BCUT2D eigenvalue weighted by Crippen LogP contribution is -2.35. The van der Waals surface area contributed by atoms with Crippen molar-refractivity contribution < 1.29 is 4.79 Å². The molecule has 1 heterocycles. The maximum atomic E-state index is 11.8. The van der Waals surface area contributed by atoms with Crippen molar-refractivity contribution in [3.05, 3.63) is 33.3 Å². The van der Waals surface area contributed by atoms with Crippen molar-refractivity contribution in [3.8, 4) is 0 Å². The van der Waals surface area contributed by atoms with Crippen LogP contribution in [0.25, 0.3) is 0 Å². The molecular weight excluding hydrogens is 318 g/mol. The Labute approximate surface area is 118 Å². The number of hydrogen-bond donors (Lipinski definition) is 1. The molecule has 94 valence electrons. The van der Waals surface area contributed by atoms with Crippen LogP contribution < -0.4 is 5.73 Å². The Morgan fingerprint density at radius 3 is 2.83 bits per heavy atom. The summed E-state index contributed by atoms with van der Waals surface area (Å²) in [6.07, 6.45) is 2.02. The highest BCUT2D eigenvalue weighted by Crippen LogP contribution is 2.40. The minimum Gasteiger partial charge on any atom is -0.385 e. The minimum absolute atomic E-state index is 0.252. The Bertz CT molecular complexity index is 556. The zero-order valence-corrected chi connectivity index (χ0v) is 11.8. The fraction of sp³-hybridized carbons (Fsp3) is 0.333. The Hall–Kier alpha value is -1.07. The second-order valence-corrected chi connectivity index (χ2v) is 5.85. The van der Waals surface area contributed by atoms with Crippen LogP contribution >= 0.6 is 27.5 Å². The summed E-state index contributed by atoms with van der Waals surface area (Å²) in [5, 5.41) is 0.599. The zero-order chi connectivity index (χ0) is 12.9. The number of amides is 2. The van der Waals surface area contributed by atoms with E-state index in [2.05, 4.69) is 20.9 Å². The van der Waals surface area contributed by atoms with Gasteiger partial charge < -0.3 is 10.6 Å². The highest BCUT2D eigenvalue weighted by atomic mass is 79.9. The van der Waals surface area contributed by atoms with Crippen molar-refractivity contribution in [3.63, 3.8) is 0 Å². The van der Waals surface area contributed by atoms with Crippen LogP contribution in [0.2, 0.25) is 5.02 Å². The molecule has 18 heavy (non-hydrogen) atoms. The first kappa shape index (κ1) is 12.0. The van der Waals surface area contributed by atoms with Crippen molar-refractivity contribution in [1.82, 2.24) is 4.90 Å². The molecule has 1 aromatic rings. The fourth-order valence-electron chi connectivity index (χ4n) is 2.24. The molecule has 1 aliphatic carbocycles. The largest absolute Gasteiger partial charge is 0.385 e. The molecule has 2 aliphatic rings. The van der Waals surface area contributed by atoms with Gasteiger partial charge in [-0.15, -0.1) is 0 Å². The van der Waals surface area contributed by atoms with E-state index < -0.39 is 0 Å². The van der Waals surface area contributed by atoms with Crippen molar-refractivity contribution >= 4 is 39.4 Å². The first-order valence-electron chi connectivity index (χ1n) is 5.69. The predicted molar refractivity (Wildman–Crippen MR) is 73.8 cm³/mol. The lowest BCUT2D eigenvalue weighted by atomic mass is 10.1. The molecule has 1 aliphatic heterocycles. The number of urea groups is 1. The van der Waals surface area contributed by atoms with Gasteiger partial charge in [-0.1, -0.05) is 27.5 Å². The van der Waals surface area contributed by atoms with Crippen molar-refractivity contribution in [2.24, 2.45) is 10.7 Å². The van der Waals surface area contributed by atoms with Crippen molar-refractivity contribution in [2.75, 3.05) is 0 Å². The molecule has 0 aromatic heterocycles. The van der Waals surface area contributed by atoms with Crippen LogP contribution in [0.1, 0.15) is 24.4 Å². The van der Waals surface area contributed by atoms with Gasteiger partial charge in [-0.3, -0.25) is 0 Å². The summed E-state index contributed by atoms with van der Waals surface area (Å²) >= 11 is 9.62. The molecule has 1 saturated carbocycles. The lowest BCUT2D eigenvalue weighted by Gasteiger charge is -2.25. The summed E-state index contributed by atoms with van der Waals surface area (Å²) in [4.78, 5) is 17.5. The Morgan fingerprint density at radius 2 is 2.17 bits per heavy atom. The maximum absolute atomic E-state index is 11.8. The second kappa shape index (κ2) is 4.24. The third-order valence-electron chi connectivity index (χ3n) is 3.20. The van der Waals surface area contributed by atoms with Crippen LogP contribution in [-0.4, -0.2) is 22.8 Å². The SMILES string of the molecule is NC1=NC(=O)N(C2CC2)C1c1cc(Br)ccc1Cl. The molecule has 4 nitrogen and oxygen atoms in total. The quantitative estimate of drug-likeness (QED) is 0.907. The van der Waals surface area contributed by atoms with E-state index >= 15 is 0 Å². The number of aliphatic imine (C=N–C) groups is 1. The van der Waals surface area contributed by atoms with Gasteiger partial charge in [-0.2, -0.15) is 4.99 Å². The summed E-state index contributed by atoms with van der Waals surface area (Å²) in [6, 6.07) is 5.22. The fourth-order valence-corrected chi connectivity index (χ4v) is 2.83. The highest BCUT2D eigenvalue weighted by molar-refractivity contribution is 9.10. The first-order chi connectivity index (χ1) is 8.58. The van der Waals surface area contributed by atoms with E-state index in [-0.39, 0.29) is 18.1 Å². The van der Waals surface area contributed by atoms with Crippen LogP contribution in [0.3, 0.4) is 0 Å². The Morgan fingerprint density at radius 1 is 1.44 bits per heavy atom. The standard InChI is InChI=1S/C12H11BrClN3O/c13-6-1-4-9(14)8(5-6)10-11(15)16-12(18)17(10)7-2-3-7/h1,4-5,7,10H,2-3H2,(H2,15,16,18). The highest BCUT2D eigenvalue weighted by Gasteiger charge is 2.44. The Balaban J connectivity index is 2.05. The molecule has 0 spiro atoms. The van der Waals surface area contributed by atoms with E-state index in [1.807, 2.05) is 12.1 Å². The third kappa shape index (κ3) is 1.91. The predicted octanol–water partition coefficient (Wildman–Crippen LogP) is 3.10. The van der Waals surface area contributed by atoms with E-state index in [0.29, 0.717) is 10.9 Å². The van der Waals surface area contributed by atoms with Gasteiger partial charge in [-0.25, -0.2) is 4.79 Å². The molecule has 6 heteroatoms. The van der Waals surface area contributed by atoms with Gasteiger partial charge in [0.2, 0.25) is 0 Å². The Kier molecular flexibility index (Phi) is 2.83. The first-order valence-corrected chi connectivity index (χ1v) is 6.86. The number of halogens is 2. The van der Waals surface area contributed by atoms with Gasteiger partial charge in [0.05, 0.1) is 0 Å². The second-order valence-electron chi connectivity index (χ2n) is 4.53. The molecule has 2 N–H and O–H groups in total. The van der Waals surface area contributed by atoms with Crippen molar-refractivity contribution in [1.29, 1.82) is 0 Å². The van der Waals surface area contributed by atoms with Crippen LogP contribution in [0.5, 0.6) is 0 Å². The number of hydrogen-bond acceptors (Lipinski definition) is 2. The van der Waals surface area contributed by atoms with E-state index in [1.54, 1.807) is 11.0 Å². The number of carbonyl (C=O) groups excluding carboxylic acids is 1. The normalized spacial score (nSPS) is 23.4. The summed E-state index contributed by atoms with van der Waals surface area (Å²) in [5.74, 6) is 0.326. The number of carbonyl (C=O) groups is 1. The topological polar surface area (TPSA) is 58.7 Å². The monoisotopic (exact) mass is 327 g/mol. The number of nitrogens with two attached hydrogens (primary N) is 1. The molecule has 1 atom stereocenters. The van der Waals surface area contributed by atoms with Crippen LogP contribution in [0.4, 0.5) is 4.79 Å². The molecule has 1 fully saturated rings. The summed E-state index contributed by atoms with van der Waals surface area (Å²) in [5.41, 5.74) is 6.71. The smallest absolute Gasteiger partial charge is 0.346 e. The number of benzene rings is 1. The molecule has 1 unspecified atom stereocenters. The summed E-state index contributed by atoms with van der Waals surface area (Å²) < 4.78 is 0.907. The third-order valence-corrected chi connectivity index (χ3v) is 4.03. The molecule has 0 bridgehead atoms. The molecule has 0 saturated heterocycles. The number of amidine groups is 1. The number of rotatable bonds is 2. The molecular formula is C12H11BrClN3O. The zero-order valence-electron chi connectivity index (χ0n) is 9.44. The van der Waals surface area contributed by atoms with Gasteiger partial charge in [0.15, 0.2) is 0 Å². The molecule has 3 rings (SSSR count). The number of nitrogens with zero attached hydrogens (tertiary/aromatic N) is 2. The molecule has 2 amide bonds. The summed E-state index contributed by atoms with van der Waals surface area (Å²) in [6.45, 7) is 0. The maximum Gasteiger partial charge on any atom is 0.346 e. The van der Waals surface area contributed by atoms with Gasteiger partial charge in [-0.05, 0) is 31.0 Å². The summed E-state index contributed by atoms with van der Waals surface area (Å²) in [7, 11) is 0. The average Bonchev–Trinajstić information content (AvgIpc) is 3.09. The van der Waals surface area contributed by atoms with Crippen LogP contribution in [-0.2, 0) is 0 Å². The van der Waals surface area contributed by atoms with Gasteiger partial charge in [0, 0.05) is 21.1 Å². The van der Waals surface area contributed by atoms with E-state index in [0.717, 1.165) is 22.9 Å². The van der Waals surface area contributed by atoms with Gasteiger partial charge in [0.1, 0.15) is 11.9 Å².